The zero-order chi connectivity index (χ0) is 14.1. The van der Waals surface area contributed by atoms with Crippen LogP contribution in [0.4, 0.5) is 5.69 Å². The number of nitrogens with two attached hydrogens (primary N) is 1. The maximum absolute atomic E-state index is 5.53. The van der Waals surface area contributed by atoms with Crippen LogP contribution >= 0.6 is 0 Å². The summed E-state index contributed by atoms with van der Waals surface area (Å²) < 4.78 is 5.27. The number of ether oxygens (including phenoxy) is 1. The lowest BCUT2D eigenvalue weighted by Crippen LogP contribution is -2.43. The Balaban J connectivity index is 2.57. The second-order valence-corrected chi connectivity index (χ2v) is 4.29. The van der Waals surface area contributed by atoms with Gasteiger partial charge in [-0.3, -0.25) is 10.4 Å². The summed E-state index contributed by atoms with van der Waals surface area (Å²) >= 11 is 0. The van der Waals surface area contributed by atoms with Crippen LogP contribution in [0.2, 0.25) is 0 Å². The second kappa shape index (κ2) is 8.50. The van der Waals surface area contributed by atoms with Crippen molar-refractivity contribution in [2.75, 3.05) is 31.7 Å². The first-order valence-corrected chi connectivity index (χ1v) is 6.58. The molecule has 0 unspecified atom stereocenters. The van der Waals surface area contributed by atoms with Crippen molar-refractivity contribution in [1.29, 1.82) is 0 Å². The summed E-state index contributed by atoms with van der Waals surface area (Å²) in [4.78, 5) is 6.37. The van der Waals surface area contributed by atoms with E-state index in [9.17, 15) is 0 Å². The summed E-state index contributed by atoms with van der Waals surface area (Å²) in [5, 5.41) is 0. The fourth-order valence-corrected chi connectivity index (χ4v) is 1.64. The Morgan fingerprint density at radius 1 is 1.37 bits per heavy atom. The number of aliphatic imine (C=N–C) groups is 1. The minimum Gasteiger partial charge on any atom is -0.382 e. The van der Waals surface area contributed by atoms with Gasteiger partial charge in [-0.25, -0.2) is 5.84 Å². The van der Waals surface area contributed by atoms with Crippen LogP contribution in [-0.2, 0) is 4.74 Å². The molecule has 0 amide bonds. The van der Waals surface area contributed by atoms with Gasteiger partial charge >= 0.3 is 0 Å². The molecule has 0 saturated heterocycles. The number of aryl methyl sites for hydroxylation is 1. The van der Waals surface area contributed by atoms with Crippen LogP contribution in [-0.4, -0.2) is 32.8 Å². The predicted octanol–water partition coefficient (Wildman–Crippen LogP) is 1.68. The Morgan fingerprint density at radius 3 is 2.63 bits per heavy atom. The van der Waals surface area contributed by atoms with Crippen molar-refractivity contribution in [1.82, 2.24) is 5.43 Å². The maximum atomic E-state index is 5.53. The summed E-state index contributed by atoms with van der Waals surface area (Å²) in [6.07, 6.45) is 0.890. The molecule has 0 heterocycles. The molecular formula is C14H24N4O. The fraction of sp³-hybridized carbons (Fsp3) is 0.500. The van der Waals surface area contributed by atoms with Crippen molar-refractivity contribution in [3.63, 3.8) is 0 Å². The summed E-state index contributed by atoms with van der Waals surface area (Å²) in [7, 11) is 1.94. The van der Waals surface area contributed by atoms with Gasteiger partial charge in [-0.05, 0) is 32.4 Å². The molecule has 1 aromatic rings. The number of anilines is 1. The largest absolute Gasteiger partial charge is 0.382 e. The number of nitrogens with zero attached hydrogens (tertiary/aromatic N) is 2. The summed E-state index contributed by atoms with van der Waals surface area (Å²) in [6.45, 7) is 6.21. The van der Waals surface area contributed by atoms with Crippen LogP contribution < -0.4 is 16.2 Å². The van der Waals surface area contributed by atoms with E-state index in [2.05, 4.69) is 29.5 Å². The van der Waals surface area contributed by atoms with Crippen molar-refractivity contribution < 1.29 is 4.74 Å². The molecule has 0 aliphatic heterocycles. The first-order chi connectivity index (χ1) is 9.19. The van der Waals surface area contributed by atoms with E-state index in [0.717, 1.165) is 25.3 Å². The van der Waals surface area contributed by atoms with Crippen LogP contribution in [0.5, 0.6) is 0 Å². The average Bonchev–Trinajstić information content (AvgIpc) is 2.43. The summed E-state index contributed by atoms with van der Waals surface area (Å²) in [6, 6.07) is 8.22. The average molecular weight is 264 g/mol. The van der Waals surface area contributed by atoms with E-state index in [4.69, 9.17) is 10.6 Å². The number of hydrazine groups is 1. The Hall–Kier alpha value is -1.59. The van der Waals surface area contributed by atoms with E-state index in [1.54, 1.807) is 0 Å². The lowest BCUT2D eigenvalue weighted by Gasteiger charge is -2.20. The number of hydrogen-bond acceptors (Lipinski definition) is 3. The molecule has 5 heteroatoms. The molecule has 0 aromatic heterocycles. The molecule has 19 heavy (non-hydrogen) atoms. The standard InChI is InChI=1S/C14H24N4O/c1-4-19-11-5-10-16-14(17-15)18(3)13-8-6-12(2)7-9-13/h6-9H,4-5,10-11,15H2,1-3H3,(H,16,17). The van der Waals surface area contributed by atoms with Crippen molar-refractivity contribution in [3.8, 4) is 0 Å². The van der Waals surface area contributed by atoms with Crippen LogP contribution in [0.25, 0.3) is 0 Å². The number of guanidine groups is 1. The molecule has 3 N–H and O–H groups in total. The van der Waals surface area contributed by atoms with Gasteiger partial charge in [-0.2, -0.15) is 0 Å². The van der Waals surface area contributed by atoms with Gasteiger partial charge in [0.15, 0.2) is 0 Å². The molecule has 0 spiro atoms. The fourth-order valence-electron chi connectivity index (χ4n) is 1.64. The molecule has 1 aromatic carbocycles. The van der Waals surface area contributed by atoms with E-state index < -0.39 is 0 Å². The Morgan fingerprint density at radius 2 is 2.05 bits per heavy atom. The molecule has 106 valence electrons. The van der Waals surface area contributed by atoms with Crippen LogP contribution in [0, 0.1) is 6.92 Å². The first kappa shape index (κ1) is 15.5. The molecule has 1 rings (SSSR count). The predicted molar refractivity (Wildman–Crippen MR) is 80.3 cm³/mol. The van der Waals surface area contributed by atoms with E-state index in [-0.39, 0.29) is 0 Å². The third-order valence-electron chi connectivity index (χ3n) is 2.78. The van der Waals surface area contributed by atoms with Gasteiger partial charge in [0, 0.05) is 32.5 Å². The van der Waals surface area contributed by atoms with Crippen molar-refractivity contribution in [2.24, 2.45) is 10.8 Å². The molecule has 0 fully saturated rings. The molecule has 0 bridgehead atoms. The third-order valence-corrected chi connectivity index (χ3v) is 2.78. The molecule has 0 saturated carbocycles. The van der Waals surface area contributed by atoms with Gasteiger partial charge in [0.2, 0.25) is 5.96 Å². The summed E-state index contributed by atoms with van der Waals surface area (Å²) in [5.74, 6) is 6.18. The van der Waals surface area contributed by atoms with Crippen LogP contribution in [0.3, 0.4) is 0 Å². The van der Waals surface area contributed by atoms with Crippen molar-refractivity contribution >= 4 is 11.6 Å². The van der Waals surface area contributed by atoms with Gasteiger partial charge in [-0.15, -0.1) is 0 Å². The maximum Gasteiger partial charge on any atom is 0.212 e. The van der Waals surface area contributed by atoms with E-state index in [0.29, 0.717) is 12.5 Å². The number of hydrogen-bond donors (Lipinski definition) is 2. The third kappa shape index (κ3) is 5.28. The lowest BCUT2D eigenvalue weighted by molar-refractivity contribution is 0.146. The summed E-state index contributed by atoms with van der Waals surface area (Å²) in [5.41, 5.74) is 4.92. The van der Waals surface area contributed by atoms with Gasteiger partial charge < -0.3 is 9.64 Å². The van der Waals surface area contributed by atoms with E-state index in [1.807, 2.05) is 31.0 Å². The van der Waals surface area contributed by atoms with Gasteiger partial charge in [0.05, 0.1) is 0 Å². The first-order valence-electron chi connectivity index (χ1n) is 6.58. The van der Waals surface area contributed by atoms with Gasteiger partial charge in [0.1, 0.15) is 0 Å². The minimum absolute atomic E-state index is 0.653. The molecule has 0 aliphatic rings. The normalized spacial score (nSPS) is 11.5. The zero-order valence-electron chi connectivity index (χ0n) is 12.0. The zero-order valence-corrected chi connectivity index (χ0v) is 12.0. The number of benzene rings is 1. The Bertz CT molecular complexity index is 389. The van der Waals surface area contributed by atoms with Crippen LogP contribution in [0.15, 0.2) is 29.3 Å². The van der Waals surface area contributed by atoms with E-state index in [1.165, 1.54) is 5.56 Å². The molecule has 0 atom stereocenters. The lowest BCUT2D eigenvalue weighted by atomic mass is 10.2. The van der Waals surface area contributed by atoms with E-state index >= 15 is 0 Å². The highest BCUT2D eigenvalue weighted by Crippen LogP contribution is 2.13. The van der Waals surface area contributed by atoms with Crippen molar-refractivity contribution in [3.05, 3.63) is 29.8 Å². The number of rotatable bonds is 6. The Labute approximate surface area is 115 Å². The highest BCUT2D eigenvalue weighted by atomic mass is 16.5. The molecule has 0 aliphatic carbocycles. The molecule has 0 radical (unpaired) electrons. The molecule has 5 nitrogen and oxygen atoms in total. The van der Waals surface area contributed by atoms with Gasteiger partial charge in [-0.1, -0.05) is 17.7 Å². The second-order valence-electron chi connectivity index (χ2n) is 4.29. The monoisotopic (exact) mass is 264 g/mol. The van der Waals surface area contributed by atoms with Gasteiger partial charge in [0.25, 0.3) is 0 Å². The highest BCUT2D eigenvalue weighted by Gasteiger charge is 2.06. The highest BCUT2D eigenvalue weighted by molar-refractivity contribution is 5.95. The van der Waals surface area contributed by atoms with Crippen molar-refractivity contribution in [2.45, 2.75) is 20.3 Å². The SMILES string of the molecule is CCOCCCN=C(NN)N(C)c1ccc(C)cc1. The van der Waals surface area contributed by atoms with Crippen LogP contribution in [0.1, 0.15) is 18.9 Å². The minimum atomic E-state index is 0.653. The quantitative estimate of drug-likeness (QED) is 0.270. The number of nitrogens with one attached hydrogen (secondary N) is 1. The smallest absolute Gasteiger partial charge is 0.212 e. The topological polar surface area (TPSA) is 62.9 Å². The Kier molecular flexibility index (Phi) is 6.92. The molecular weight excluding hydrogens is 240 g/mol.